The third-order valence-corrected chi connectivity index (χ3v) is 4.13. The molecule has 3 N–H and O–H groups in total. The first kappa shape index (κ1) is 17.5. The summed E-state index contributed by atoms with van der Waals surface area (Å²) in [7, 11) is 0. The van der Waals surface area contributed by atoms with Gasteiger partial charge < -0.3 is 20.5 Å². The minimum atomic E-state index is -0.307. The van der Waals surface area contributed by atoms with Gasteiger partial charge in [0, 0.05) is 12.6 Å². The zero-order valence-electron chi connectivity index (χ0n) is 13.4. The van der Waals surface area contributed by atoms with Crippen molar-refractivity contribution < 1.29 is 19.0 Å². The van der Waals surface area contributed by atoms with Gasteiger partial charge in [-0.2, -0.15) is 0 Å². The van der Waals surface area contributed by atoms with Crippen molar-refractivity contribution in [2.45, 2.75) is 44.7 Å². The molecule has 23 heavy (non-hydrogen) atoms. The normalized spacial score (nSPS) is 22.2. The Hall–Kier alpha value is -1.82. The van der Waals surface area contributed by atoms with Crippen LogP contribution in [0.4, 0.5) is 9.18 Å². The first-order valence-corrected chi connectivity index (χ1v) is 8.13. The second-order valence-corrected chi connectivity index (χ2v) is 6.18. The fourth-order valence-corrected chi connectivity index (χ4v) is 2.73. The lowest BCUT2D eigenvalue weighted by atomic mass is 9.87. The summed E-state index contributed by atoms with van der Waals surface area (Å²) < 4.78 is 18.3. The molecule has 5 nitrogen and oxygen atoms in total. The summed E-state index contributed by atoms with van der Waals surface area (Å²) in [4.78, 5) is 12.0. The second kappa shape index (κ2) is 8.72. The number of benzene rings is 1. The Morgan fingerprint density at radius 3 is 2.57 bits per heavy atom. The molecule has 2 rings (SSSR count). The smallest absolute Gasteiger partial charge is 0.315 e. The summed E-state index contributed by atoms with van der Waals surface area (Å²) in [5, 5.41) is 14.9. The number of aliphatic hydroxyl groups excluding tert-OH is 1. The Morgan fingerprint density at radius 2 is 1.96 bits per heavy atom. The maximum Gasteiger partial charge on any atom is 0.315 e. The average Bonchev–Trinajstić information content (AvgIpc) is 2.55. The molecule has 128 valence electrons. The lowest BCUT2D eigenvalue weighted by Gasteiger charge is -2.28. The van der Waals surface area contributed by atoms with Crippen molar-refractivity contribution in [3.8, 4) is 5.75 Å². The molecule has 1 aromatic carbocycles. The number of ether oxygens (including phenoxy) is 1. The van der Waals surface area contributed by atoms with E-state index in [0.29, 0.717) is 18.3 Å². The number of hydrogen-bond donors (Lipinski definition) is 3. The van der Waals surface area contributed by atoms with Gasteiger partial charge in [0.2, 0.25) is 0 Å². The van der Waals surface area contributed by atoms with E-state index in [0.717, 1.165) is 25.7 Å². The van der Waals surface area contributed by atoms with Crippen molar-refractivity contribution in [2.75, 3.05) is 13.2 Å². The molecule has 2 amide bonds. The van der Waals surface area contributed by atoms with E-state index in [1.54, 1.807) is 12.1 Å². The van der Waals surface area contributed by atoms with Crippen LogP contribution < -0.4 is 15.4 Å². The Balaban J connectivity index is 1.65. The number of urea groups is 1. The number of rotatable bonds is 6. The fourth-order valence-electron chi connectivity index (χ4n) is 2.73. The average molecular weight is 324 g/mol. The maximum atomic E-state index is 12.8. The first-order valence-electron chi connectivity index (χ1n) is 8.13. The molecule has 6 heteroatoms. The standard InChI is InChI=1S/C17H25FN2O3/c1-12(11-23-16-8-4-14(18)5-9-16)19-17(22)20-15-6-2-13(10-21)3-7-15/h4-5,8-9,12-13,15,21H,2-3,6-7,10-11H2,1H3,(H2,19,20,22)/t12-,13?,15?/m1/s1. The van der Waals surface area contributed by atoms with E-state index in [-0.39, 0.29) is 30.5 Å². The van der Waals surface area contributed by atoms with Crippen LogP contribution in [0.1, 0.15) is 32.6 Å². The molecule has 0 aromatic heterocycles. The topological polar surface area (TPSA) is 70.6 Å². The molecule has 1 aliphatic carbocycles. The van der Waals surface area contributed by atoms with E-state index in [2.05, 4.69) is 10.6 Å². The highest BCUT2D eigenvalue weighted by Crippen LogP contribution is 2.23. The predicted octanol–water partition coefficient (Wildman–Crippen LogP) is 2.44. The number of hydrogen-bond acceptors (Lipinski definition) is 3. The van der Waals surface area contributed by atoms with Gasteiger partial charge in [0.1, 0.15) is 18.2 Å². The second-order valence-electron chi connectivity index (χ2n) is 6.18. The van der Waals surface area contributed by atoms with Crippen molar-refractivity contribution in [1.82, 2.24) is 10.6 Å². The number of carbonyl (C=O) groups excluding carboxylic acids is 1. The van der Waals surface area contributed by atoms with Crippen molar-refractivity contribution in [1.29, 1.82) is 0 Å². The molecule has 0 spiro atoms. The number of halogens is 1. The van der Waals surface area contributed by atoms with Crippen LogP contribution in [0.5, 0.6) is 5.75 Å². The predicted molar refractivity (Wildman–Crippen MR) is 85.9 cm³/mol. The summed E-state index contributed by atoms with van der Waals surface area (Å²) in [6.07, 6.45) is 3.70. The van der Waals surface area contributed by atoms with Crippen molar-refractivity contribution in [3.63, 3.8) is 0 Å². The molecule has 0 radical (unpaired) electrons. The number of amides is 2. The Kier molecular flexibility index (Phi) is 6.65. The highest BCUT2D eigenvalue weighted by Gasteiger charge is 2.22. The molecule has 1 saturated carbocycles. The summed E-state index contributed by atoms with van der Waals surface area (Å²) in [5.41, 5.74) is 0. The van der Waals surface area contributed by atoms with Gasteiger partial charge in [-0.05, 0) is 62.8 Å². The third-order valence-electron chi connectivity index (χ3n) is 4.13. The number of carbonyl (C=O) groups is 1. The van der Waals surface area contributed by atoms with E-state index in [1.165, 1.54) is 12.1 Å². The van der Waals surface area contributed by atoms with E-state index in [9.17, 15) is 9.18 Å². The lowest BCUT2D eigenvalue weighted by Crippen LogP contribution is -2.48. The van der Waals surface area contributed by atoms with Gasteiger partial charge in [-0.15, -0.1) is 0 Å². The van der Waals surface area contributed by atoms with E-state index in [1.807, 2.05) is 6.92 Å². The molecule has 0 bridgehead atoms. The quantitative estimate of drug-likeness (QED) is 0.753. The zero-order valence-corrected chi connectivity index (χ0v) is 13.4. The van der Waals surface area contributed by atoms with Crippen LogP contribution in [0.25, 0.3) is 0 Å². The van der Waals surface area contributed by atoms with E-state index >= 15 is 0 Å². The van der Waals surface area contributed by atoms with Gasteiger partial charge in [-0.25, -0.2) is 9.18 Å². The highest BCUT2D eigenvalue weighted by atomic mass is 19.1. The summed E-state index contributed by atoms with van der Waals surface area (Å²) in [6, 6.07) is 5.60. The molecular formula is C17H25FN2O3. The summed E-state index contributed by atoms with van der Waals surface area (Å²) in [6.45, 7) is 2.40. The largest absolute Gasteiger partial charge is 0.491 e. The minimum Gasteiger partial charge on any atom is -0.491 e. The monoisotopic (exact) mass is 324 g/mol. The van der Waals surface area contributed by atoms with Crippen LogP contribution >= 0.6 is 0 Å². The molecule has 0 saturated heterocycles. The summed E-state index contributed by atoms with van der Waals surface area (Å²) >= 11 is 0. The number of nitrogens with one attached hydrogen (secondary N) is 2. The highest BCUT2D eigenvalue weighted by molar-refractivity contribution is 5.74. The van der Waals surface area contributed by atoms with Gasteiger partial charge in [0.15, 0.2) is 0 Å². The number of aliphatic hydroxyl groups is 1. The molecule has 1 fully saturated rings. The molecule has 0 unspecified atom stereocenters. The van der Waals surface area contributed by atoms with Crippen LogP contribution in [-0.2, 0) is 0 Å². The van der Waals surface area contributed by atoms with Crippen molar-refractivity contribution in [2.24, 2.45) is 5.92 Å². The molecule has 1 atom stereocenters. The van der Waals surface area contributed by atoms with Gasteiger partial charge in [-0.1, -0.05) is 0 Å². The molecule has 1 aromatic rings. The van der Waals surface area contributed by atoms with E-state index in [4.69, 9.17) is 9.84 Å². The van der Waals surface area contributed by atoms with Gasteiger partial charge >= 0.3 is 6.03 Å². The van der Waals surface area contributed by atoms with Gasteiger partial charge in [-0.3, -0.25) is 0 Å². The van der Waals surface area contributed by atoms with Gasteiger partial charge in [0.05, 0.1) is 6.04 Å². The Bertz CT molecular complexity index is 487. The van der Waals surface area contributed by atoms with Crippen molar-refractivity contribution in [3.05, 3.63) is 30.1 Å². The van der Waals surface area contributed by atoms with Crippen LogP contribution in [0.2, 0.25) is 0 Å². The van der Waals surface area contributed by atoms with Gasteiger partial charge in [0.25, 0.3) is 0 Å². The van der Waals surface area contributed by atoms with Crippen LogP contribution in [0, 0.1) is 11.7 Å². The zero-order chi connectivity index (χ0) is 16.7. The fraction of sp³-hybridized carbons (Fsp3) is 0.588. The maximum absolute atomic E-state index is 12.8. The lowest BCUT2D eigenvalue weighted by molar-refractivity contribution is 0.173. The molecule has 0 aliphatic heterocycles. The van der Waals surface area contributed by atoms with E-state index < -0.39 is 0 Å². The molecule has 1 aliphatic rings. The Morgan fingerprint density at radius 1 is 1.30 bits per heavy atom. The summed E-state index contributed by atoms with van der Waals surface area (Å²) in [5.74, 6) is 0.640. The minimum absolute atomic E-state index is 0.158. The molecular weight excluding hydrogens is 299 g/mol. The third kappa shape index (κ3) is 6.06. The Labute approximate surface area is 136 Å². The van der Waals surface area contributed by atoms with Crippen LogP contribution in [-0.4, -0.2) is 36.4 Å². The van der Waals surface area contributed by atoms with Crippen LogP contribution in [0.15, 0.2) is 24.3 Å². The first-order chi connectivity index (χ1) is 11.1. The molecule has 0 heterocycles. The van der Waals surface area contributed by atoms with Crippen LogP contribution in [0.3, 0.4) is 0 Å². The SMILES string of the molecule is C[C@H](COc1ccc(F)cc1)NC(=O)NC1CCC(CO)CC1. The van der Waals surface area contributed by atoms with Crippen molar-refractivity contribution >= 4 is 6.03 Å².